The lowest BCUT2D eigenvalue weighted by molar-refractivity contribution is 0.339. The minimum absolute atomic E-state index is 0.227. The molecule has 0 bridgehead atoms. The molecule has 0 saturated heterocycles. The second kappa shape index (κ2) is 5.65. The summed E-state index contributed by atoms with van der Waals surface area (Å²) in [4.78, 5) is 12.9. The molecule has 5 nitrogen and oxygen atoms in total. The van der Waals surface area contributed by atoms with E-state index in [1.807, 2.05) is 26.8 Å². The second-order valence-corrected chi connectivity index (χ2v) is 4.53. The maximum atomic E-state index is 5.83. The Labute approximate surface area is 112 Å². The molecule has 0 atom stereocenters. The summed E-state index contributed by atoms with van der Waals surface area (Å²) in [7, 11) is 0. The predicted octanol–water partition coefficient (Wildman–Crippen LogP) is 2.64. The Balaban J connectivity index is 2.43. The average molecular weight is 258 g/mol. The van der Waals surface area contributed by atoms with Crippen molar-refractivity contribution in [2.75, 3.05) is 12.3 Å². The van der Waals surface area contributed by atoms with Gasteiger partial charge in [0.05, 0.1) is 18.5 Å². The van der Waals surface area contributed by atoms with Gasteiger partial charge in [0.2, 0.25) is 0 Å². The zero-order valence-corrected chi connectivity index (χ0v) is 11.4. The molecular weight excluding hydrogens is 240 g/mol. The van der Waals surface area contributed by atoms with Crippen molar-refractivity contribution >= 4 is 5.82 Å². The average Bonchev–Trinajstić information content (AvgIpc) is 2.38. The van der Waals surface area contributed by atoms with Gasteiger partial charge in [-0.2, -0.15) is 0 Å². The first kappa shape index (κ1) is 13.3. The summed E-state index contributed by atoms with van der Waals surface area (Å²) in [5.74, 6) is 2.15. The van der Waals surface area contributed by atoms with Crippen molar-refractivity contribution in [2.24, 2.45) is 0 Å². The highest BCUT2D eigenvalue weighted by atomic mass is 16.5. The van der Waals surface area contributed by atoms with E-state index in [9.17, 15) is 0 Å². The quantitative estimate of drug-likeness (QED) is 0.912. The van der Waals surface area contributed by atoms with Gasteiger partial charge in [-0.05, 0) is 13.0 Å². The van der Waals surface area contributed by atoms with E-state index in [0.29, 0.717) is 12.4 Å². The third kappa shape index (κ3) is 3.19. The number of pyridine rings is 1. The first-order valence-corrected chi connectivity index (χ1v) is 6.32. The van der Waals surface area contributed by atoms with Gasteiger partial charge in [0.1, 0.15) is 17.4 Å². The van der Waals surface area contributed by atoms with E-state index in [4.69, 9.17) is 10.5 Å². The molecular formula is C14H18N4O. The first-order valence-electron chi connectivity index (χ1n) is 6.32. The molecule has 2 heterocycles. The van der Waals surface area contributed by atoms with Crippen LogP contribution < -0.4 is 10.5 Å². The van der Waals surface area contributed by atoms with Crippen LogP contribution in [0.4, 0.5) is 5.82 Å². The van der Waals surface area contributed by atoms with Crippen molar-refractivity contribution in [1.82, 2.24) is 15.0 Å². The van der Waals surface area contributed by atoms with Gasteiger partial charge in [0, 0.05) is 23.7 Å². The van der Waals surface area contributed by atoms with Gasteiger partial charge < -0.3 is 10.5 Å². The number of anilines is 1. The largest absolute Gasteiger partial charge is 0.492 e. The SMILES string of the molecule is CCOc1cncc(-c2cc(N)nc(C(C)C)n2)c1. The van der Waals surface area contributed by atoms with E-state index >= 15 is 0 Å². The number of hydrogen-bond acceptors (Lipinski definition) is 5. The molecule has 2 aromatic rings. The molecule has 0 fully saturated rings. The van der Waals surface area contributed by atoms with E-state index < -0.39 is 0 Å². The smallest absolute Gasteiger partial charge is 0.138 e. The third-order valence-corrected chi connectivity index (χ3v) is 2.60. The molecule has 0 aliphatic rings. The van der Waals surface area contributed by atoms with Gasteiger partial charge in [-0.25, -0.2) is 9.97 Å². The zero-order valence-electron chi connectivity index (χ0n) is 11.4. The van der Waals surface area contributed by atoms with Crippen LogP contribution in [0.3, 0.4) is 0 Å². The second-order valence-electron chi connectivity index (χ2n) is 4.53. The van der Waals surface area contributed by atoms with Crippen molar-refractivity contribution < 1.29 is 4.74 Å². The Morgan fingerprint density at radius 3 is 2.68 bits per heavy atom. The minimum Gasteiger partial charge on any atom is -0.492 e. The Morgan fingerprint density at radius 1 is 1.21 bits per heavy atom. The van der Waals surface area contributed by atoms with Crippen LogP contribution in [0.2, 0.25) is 0 Å². The Kier molecular flexibility index (Phi) is 3.94. The van der Waals surface area contributed by atoms with Crippen LogP contribution in [0.5, 0.6) is 5.75 Å². The van der Waals surface area contributed by atoms with Gasteiger partial charge >= 0.3 is 0 Å². The first-order chi connectivity index (χ1) is 9.10. The van der Waals surface area contributed by atoms with Gasteiger partial charge in [0.15, 0.2) is 0 Å². The molecule has 100 valence electrons. The molecule has 2 aromatic heterocycles. The summed E-state index contributed by atoms with van der Waals surface area (Å²) in [5.41, 5.74) is 7.47. The van der Waals surface area contributed by atoms with Crippen molar-refractivity contribution in [3.8, 4) is 17.0 Å². The van der Waals surface area contributed by atoms with Crippen LogP contribution >= 0.6 is 0 Å². The number of ether oxygens (including phenoxy) is 1. The molecule has 0 saturated carbocycles. The Hall–Kier alpha value is -2.17. The molecule has 2 rings (SSSR count). The number of nitrogen functional groups attached to an aromatic ring is 1. The summed E-state index contributed by atoms with van der Waals surface area (Å²) in [6, 6.07) is 3.65. The third-order valence-electron chi connectivity index (χ3n) is 2.60. The van der Waals surface area contributed by atoms with Gasteiger partial charge in [-0.3, -0.25) is 4.98 Å². The van der Waals surface area contributed by atoms with Crippen LogP contribution in [0, 0.1) is 0 Å². The lowest BCUT2D eigenvalue weighted by Gasteiger charge is -2.09. The molecule has 0 aliphatic heterocycles. The van der Waals surface area contributed by atoms with Crippen molar-refractivity contribution in [3.63, 3.8) is 0 Å². The normalized spacial score (nSPS) is 10.7. The van der Waals surface area contributed by atoms with Crippen molar-refractivity contribution in [1.29, 1.82) is 0 Å². The summed E-state index contributed by atoms with van der Waals surface area (Å²) in [5, 5.41) is 0. The fraction of sp³-hybridized carbons (Fsp3) is 0.357. The molecule has 0 radical (unpaired) electrons. The van der Waals surface area contributed by atoms with Gasteiger partial charge in [-0.15, -0.1) is 0 Å². The van der Waals surface area contributed by atoms with E-state index in [1.165, 1.54) is 0 Å². The van der Waals surface area contributed by atoms with Crippen LogP contribution in [-0.4, -0.2) is 21.6 Å². The Bertz CT molecular complexity index is 569. The monoisotopic (exact) mass is 258 g/mol. The molecule has 0 aromatic carbocycles. The molecule has 0 aliphatic carbocycles. The molecule has 0 amide bonds. The topological polar surface area (TPSA) is 73.9 Å². The number of nitrogens with two attached hydrogens (primary N) is 1. The van der Waals surface area contributed by atoms with Crippen LogP contribution in [0.15, 0.2) is 24.5 Å². The fourth-order valence-electron chi connectivity index (χ4n) is 1.70. The van der Waals surface area contributed by atoms with Gasteiger partial charge in [-0.1, -0.05) is 13.8 Å². The molecule has 0 unspecified atom stereocenters. The molecule has 19 heavy (non-hydrogen) atoms. The van der Waals surface area contributed by atoms with E-state index in [1.54, 1.807) is 18.5 Å². The lowest BCUT2D eigenvalue weighted by Crippen LogP contribution is -2.03. The molecule has 0 spiro atoms. The number of nitrogens with zero attached hydrogens (tertiary/aromatic N) is 3. The van der Waals surface area contributed by atoms with E-state index in [0.717, 1.165) is 22.8 Å². The fourth-order valence-corrected chi connectivity index (χ4v) is 1.70. The highest BCUT2D eigenvalue weighted by Crippen LogP contribution is 2.23. The predicted molar refractivity (Wildman–Crippen MR) is 74.9 cm³/mol. The van der Waals surface area contributed by atoms with E-state index in [-0.39, 0.29) is 5.92 Å². The minimum atomic E-state index is 0.227. The highest BCUT2D eigenvalue weighted by molar-refractivity contribution is 5.62. The summed E-state index contributed by atoms with van der Waals surface area (Å²) >= 11 is 0. The standard InChI is InChI=1S/C14H18N4O/c1-4-19-11-5-10(7-16-8-11)12-6-13(15)18-14(17-12)9(2)3/h5-9H,4H2,1-3H3,(H2,15,17,18). The molecule has 2 N–H and O–H groups in total. The van der Waals surface area contributed by atoms with Gasteiger partial charge in [0.25, 0.3) is 0 Å². The summed E-state index contributed by atoms with van der Waals surface area (Å²) in [6.07, 6.45) is 3.43. The summed E-state index contributed by atoms with van der Waals surface area (Å²) < 4.78 is 5.44. The van der Waals surface area contributed by atoms with Crippen LogP contribution in [0.25, 0.3) is 11.3 Å². The molecule has 5 heteroatoms. The number of rotatable bonds is 4. The number of aromatic nitrogens is 3. The van der Waals surface area contributed by atoms with Crippen LogP contribution in [-0.2, 0) is 0 Å². The van der Waals surface area contributed by atoms with Crippen molar-refractivity contribution in [2.45, 2.75) is 26.7 Å². The van der Waals surface area contributed by atoms with Crippen LogP contribution in [0.1, 0.15) is 32.5 Å². The lowest BCUT2D eigenvalue weighted by atomic mass is 10.1. The maximum Gasteiger partial charge on any atom is 0.138 e. The Morgan fingerprint density at radius 2 is 2.00 bits per heavy atom. The highest BCUT2D eigenvalue weighted by Gasteiger charge is 2.09. The van der Waals surface area contributed by atoms with Crippen molar-refractivity contribution in [3.05, 3.63) is 30.4 Å². The zero-order chi connectivity index (χ0) is 13.8. The maximum absolute atomic E-state index is 5.83. The number of hydrogen-bond donors (Lipinski definition) is 1. The van der Waals surface area contributed by atoms with E-state index in [2.05, 4.69) is 15.0 Å². The summed E-state index contributed by atoms with van der Waals surface area (Å²) in [6.45, 7) is 6.61.